The van der Waals surface area contributed by atoms with Crippen molar-refractivity contribution in [2.45, 2.75) is 45.7 Å². The molecule has 0 bridgehead atoms. The van der Waals surface area contributed by atoms with Gasteiger partial charge in [0.25, 0.3) is 0 Å². The monoisotopic (exact) mass is 254 g/mol. The molecular weight excluding hydrogens is 236 g/mol. The fourth-order valence-corrected chi connectivity index (χ4v) is 3.23. The predicted molar refractivity (Wildman–Crippen MR) is 69.2 cm³/mol. The van der Waals surface area contributed by atoms with Gasteiger partial charge in [-0.05, 0) is 23.8 Å². The highest BCUT2D eigenvalue weighted by atomic mass is 32.1. The van der Waals surface area contributed by atoms with Crippen molar-refractivity contribution < 1.29 is 4.92 Å². The summed E-state index contributed by atoms with van der Waals surface area (Å²) in [5, 5.41) is 16.2. The molecule has 1 saturated carbocycles. The Morgan fingerprint density at radius 3 is 2.94 bits per heavy atom. The molecule has 1 aromatic heterocycles. The molecule has 5 heteroatoms. The molecule has 1 aliphatic carbocycles. The summed E-state index contributed by atoms with van der Waals surface area (Å²) in [7, 11) is 0. The third-order valence-electron chi connectivity index (χ3n) is 3.63. The van der Waals surface area contributed by atoms with Gasteiger partial charge < -0.3 is 5.32 Å². The smallest absolute Gasteiger partial charge is 0.309 e. The molecule has 0 aliphatic heterocycles. The zero-order chi connectivity index (χ0) is 12.5. The van der Waals surface area contributed by atoms with Crippen LogP contribution in [0.3, 0.4) is 0 Å². The molecule has 1 unspecified atom stereocenters. The molecule has 1 heterocycles. The summed E-state index contributed by atoms with van der Waals surface area (Å²) < 4.78 is 0. The lowest BCUT2D eigenvalue weighted by Gasteiger charge is -2.27. The number of rotatable bonds is 4. The minimum absolute atomic E-state index is 0.229. The van der Waals surface area contributed by atoms with Crippen molar-refractivity contribution in [3.63, 3.8) is 0 Å². The van der Waals surface area contributed by atoms with Gasteiger partial charge in [-0.15, -0.1) is 0 Å². The topological polar surface area (TPSA) is 55.2 Å². The van der Waals surface area contributed by atoms with E-state index in [0.29, 0.717) is 11.5 Å². The van der Waals surface area contributed by atoms with Gasteiger partial charge >= 0.3 is 5.00 Å². The van der Waals surface area contributed by atoms with Gasteiger partial charge in [0.1, 0.15) is 0 Å². The molecule has 0 radical (unpaired) electrons. The van der Waals surface area contributed by atoms with Gasteiger partial charge in [-0.3, -0.25) is 10.1 Å². The lowest BCUT2D eigenvalue weighted by Crippen LogP contribution is -2.37. The molecule has 1 aliphatic rings. The van der Waals surface area contributed by atoms with Crippen molar-refractivity contribution in [1.82, 2.24) is 5.32 Å². The van der Waals surface area contributed by atoms with Crippen molar-refractivity contribution in [2.75, 3.05) is 0 Å². The maximum atomic E-state index is 10.6. The van der Waals surface area contributed by atoms with E-state index in [0.717, 1.165) is 12.1 Å². The number of hydrogen-bond donors (Lipinski definition) is 1. The highest BCUT2D eigenvalue weighted by Crippen LogP contribution is 2.37. The van der Waals surface area contributed by atoms with E-state index in [2.05, 4.69) is 19.2 Å². The Bertz CT molecular complexity index is 414. The van der Waals surface area contributed by atoms with E-state index in [1.54, 1.807) is 6.07 Å². The van der Waals surface area contributed by atoms with Gasteiger partial charge in [0.05, 0.1) is 4.92 Å². The first-order valence-electron chi connectivity index (χ1n) is 5.94. The summed E-state index contributed by atoms with van der Waals surface area (Å²) in [6.07, 6.45) is 3.74. The van der Waals surface area contributed by atoms with E-state index in [1.165, 1.54) is 30.6 Å². The van der Waals surface area contributed by atoms with Crippen molar-refractivity contribution in [3.8, 4) is 0 Å². The minimum Gasteiger partial charge on any atom is -0.309 e. The minimum atomic E-state index is -0.326. The Morgan fingerprint density at radius 2 is 2.41 bits per heavy atom. The maximum absolute atomic E-state index is 10.6. The van der Waals surface area contributed by atoms with Crippen LogP contribution >= 0.6 is 11.3 Å². The summed E-state index contributed by atoms with van der Waals surface area (Å²) in [5.74, 6) is 0. The normalized spacial score (nSPS) is 22.8. The molecule has 0 saturated heterocycles. The lowest BCUT2D eigenvalue weighted by molar-refractivity contribution is -0.380. The molecule has 1 atom stereocenters. The van der Waals surface area contributed by atoms with Crippen LogP contribution in [0.5, 0.6) is 0 Å². The van der Waals surface area contributed by atoms with Crippen molar-refractivity contribution in [3.05, 3.63) is 27.1 Å². The van der Waals surface area contributed by atoms with Crippen molar-refractivity contribution in [2.24, 2.45) is 5.41 Å². The first kappa shape index (κ1) is 12.5. The van der Waals surface area contributed by atoms with Crippen LogP contribution in [-0.4, -0.2) is 11.0 Å². The average Bonchev–Trinajstić information content (AvgIpc) is 2.81. The van der Waals surface area contributed by atoms with Gasteiger partial charge in [0.2, 0.25) is 0 Å². The van der Waals surface area contributed by atoms with Crippen molar-refractivity contribution in [1.29, 1.82) is 0 Å². The van der Waals surface area contributed by atoms with E-state index in [4.69, 9.17) is 0 Å². The Kier molecular flexibility index (Phi) is 3.49. The zero-order valence-corrected chi connectivity index (χ0v) is 11.0. The van der Waals surface area contributed by atoms with Gasteiger partial charge in [0.15, 0.2) is 0 Å². The summed E-state index contributed by atoms with van der Waals surface area (Å²) in [4.78, 5) is 10.2. The highest BCUT2D eigenvalue weighted by molar-refractivity contribution is 7.13. The van der Waals surface area contributed by atoms with Crippen LogP contribution in [0.15, 0.2) is 11.4 Å². The Hall–Kier alpha value is -0.940. The molecule has 4 nitrogen and oxygen atoms in total. The maximum Gasteiger partial charge on any atom is 0.324 e. The van der Waals surface area contributed by atoms with Crippen LogP contribution in [0.25, 0.3) is 0 Å². The van der Waals surface area contributed by atoms with E-state index >= 15 is 0 Å². The molecule has 0 spiro atoms. The fourth-order valence-electron chi connectivity index (χ4n) is 2.50. The zero-order valence-electron chi connectivity index (χ0n) is 10.2. The summed E-state index contributed by atoms with van der Waals surface area (Å²) in [5.41, 5.74) is 1.37. The number of hydrogen-bond acceptors (Lipinski definition) is 4. The van der Waals surface area contributed by atoms with Crippen LogP contribution in [0.1, 0.15) is 38.7 Å². The van der Waals surface area contributed by atoms with E-state index in [9.17, 15) is 10.1 Å². The van der Waals surface area contributed by atoms with Crippen LogP contribution in [0.4, 0.5) is 5.00 Å². The van der Waals surface area contributed by atoms with Crippen LogP contribution in [0, 0.1) is 15.5 Å². The SMILES string of the molecule is CC1(C)CCCC1NCc1csc([N+](=O)[O-])c1. The van der Waals surface area contributed by atoms with Gasteiger partial charge in [-0.25, -0.2) is 0 Å². The largest absolute Gasteiger partial charge is 0.324 e. The third-order valence-corrected chi connectivity index (χ3v) is 4.56. The molecule has 17 heavy (non-hydrogen) atoms. The predicted octanol–water partition coefficient (Wildman–Crippen LogP) is 3.32. The Balaban J connectivity index is 1.91. The summed E-state index contributed by atoms with van der Waals surface area (Å²) in [6.45, 7) is 5.31. The standard InChI is InChI=1S/C12H18N2O2S/c1-12(2)5-3-4-10(12)13-7-9-6-11(14(15)16)17-8-9/h6,8,10,13H,3-5,7H2,1-2H3. The highest BCUT2D eigenvalue weighted by Gasteiger charge is 2.33. The number of nitrogens with one attached hydrogen (secondary N) is 1. The molecule has 1 N–H and O–H groups in total. The summed E-state index contributed by atoms with van der Waals surface area (Å²) in [6, 6.07) is 2.20. The molecule has 0 aromatic carbocycles. The lowest BCUT2D eigenvalue weighted by atomic mass is 9.87. The quantitative estimate of drug-likeness (QED) is 0.662. The first-order valence-corrected chi connectivity index (χ1v) is 6.82. The van der Waals surface area contributed by atoms with Gasteiger partial charge in [0, 0.05) is 24.0 Å². The second kappa shape index (κ2) is 4.74. The molecule has 94 valence electrons. The molecule has 1 fully saturated rings. The van der Waals surface area contributed by atoms with Gasteiger partial charge in [-0.2, -0.15) is 0 Å². The number of nitro groups is 1. The average molecular weight is 254 g/mol. The van der Waals surface area contributed by atoms with E-state index in [1.807, 2.05) is 5.38 Å². The van der Waals surface area contributed by atoms with E-state index in [-0.39, 0.29) is 9.92 Å². The molecular formula is C12H18N2O2S. The second-order valence-electron chi connectivity index (χ2n) is 5.36. The van der Waals surface area contributed by atoms with Crippen molar-refractivity contribution >= 4 is 16.3 Å². The molecule has 1 aromatic rings. The Morgan fingerprint density at radius 1 is 1.65 bits per heavy atom. The molecule has 2 rings (SSSR count). The first-order chi connectivity index (χ1) is 7.99. The molecule has 0 amide bonds. The van der Waals surface area contributed by atoms with Crippen LogP contribution in [-0.2, 0) is 6.54 Å². The van der Waals surface area contributed by atoms with Crippen LogP contribution in [0.2, 0.25) is 0 Å². The van der Waals surface area contributed by atoms with Crippen LogP contribution < -0.4 is 5.32 Å². The Labute approximate surface area is 105 Å². The fraction of sp³-hybridized carbons (Fsp3) is 0.667. The van der Waals surface area contributed by atoms with E-state index < -0.39 is 0 Å². The number of thiophene rings is 1. The summed E-state index contributed by atoms with van der Waals surface area (Å²) >= 11 is 1.20. The second-order valence-corrected chi connectivity index (χ2v) is 6.25. The third kappa shape index (κ3) is 2.84. The number of nitrogens with zero attached hydrogens (tertiary/aromatic N) is 1. The van der Waals surface area contributed by atoms with Gasteiger partial charge in [-0.1, -0.05) is 31.6 Å².